The highest BCUT2D eigenvalue weighted by atomic mass is 35.5. The van der Waals surface area contributed by atoms with Gasteiger partial charge < -0.3 is 4.74 Å². The molecule has 0 aromatic heterocycles. The average Bonchev–Trinajstić information content (AvgIpc) is 2.57. The number of ether oxygens (including phenoxy) is 1. The summed E-state index contributed by atoms with van der Waals surface area (Å²) in [4.78, 5) is 0.255. The Bertz CT molecular complexity index is 820. The van der Waals surface area contributed by atoms with Crippen molar-refractivity contribution in [3.63, 3.8) is 0 Å². The summed E-state index contributed by atoms with van der Waals surface area (Å²) >= 11 is 5.89. The summed E-state index contributed by atoms with van der Waals surface area (Å²) in [6.45, 7) is 4.46. The lowest BCUT2D eigenvalue weighted by atomic mass is 10.0. The summed E-state index contributed by atoms with van der Waals surface area (Å²) in [5, 5.41) is 0.516. The molecule has 1 unspecified atom stereocenters. The zero-order chi connectivity index (χ0) is 18.1. The Morgan fingerprint density at radius 2 is 1.76 bits per heavy atom. The van der Waals surface area contributed by atoms with Gasteiger partial charge in [0.25, 0.3) is 0 Å². The van der Waals surface area contributed by atoms with Crippen molar-refractivity contribution >= 4 is 21.6 Å². The molecule has 0 N–H and O–H groups in total. The monoisotopic (exact) mass is 379 g/mol. The number of morpholine rings is 1. The lowest BCUT2D eigenvalue weighted by molar-refractivity contribution is -0.0629. The van der Waals surface area contributed by atoms with E-state index in [1.807, 2.05) is 44.2 Å². The van der Waals surface area contributed by atoms with Crippen LogP contribution in [0.3, 0.4) is 0 Å². The van der Waals surface area contributed by atoms with Crippen LogP contribution in [-0.4, -0.2) is 37.5 Å². The quantitative estimate of drug-likeness (QED) is 0.812. The fourth-order valence-electron chi connectivity index (χ4n) is 3.04. The molecule has 25 heavy (non-hydrogen) atoms. The maximum Gasteiger partial charge on any atom is 0.243 e. The van der Waals surface area contributed by atoms with Gasteiger partial charge in [-0.25, -0.2) is 8.42 Å². The van der Waals surface area contributed by atoms with Crippen molar-refractivity contribution in [3.8, 4) is 0 Å². The molecule has 1 fully saturated rings. The third-order valence-electron chi connectivity index (χ3n) is 4.42. The summed E-state index contributed by atoms with van der Waals surface area (Å²) in [7, 11) is -3.62. The molecular weight excluding hydrogens is 358 g/mol. The molecule has 0 amide bonds. The molecule has 0 radical (unpaired) electrons. The molecule has 1 heterocycles. The third-order valence-corrected chi connectivity index (χ3v) is 6.77. The molecule has 1 saturated heterocycles. The molecule has 1 aliphatic rings. The Kier molecular flexibility index (Phi) is 5.21. The number of hydrogen-bond acceptors (Lipinski definition) is 3. The van der Waals surface area contributed by atoms with Gasteiger partial charge in [-0.3, -0.25) is 0 Å². The van der Waals surface area contributed by atoms with E-state index in [-0.39, 0.29) is 11.0 Å². The smallest absolute Gasteiger partial charge is 0.243 e. The standard InChI is InChI=1S/C19H22ClNO3S/c1-19(2)14-24-17(12-15-6-4-3-5-7-15)13-21(19)25(22,23)18-10-8-16(20)9-11-18/h3-11,17H,12-14H2,1-2H3. The van der Waals surface area contributed by atoms with Crippen molar-refractivity contribution in [2.75, 3.05) is 13.2 Å². The topological polar surface area (TPSA) is 46.6 Å². The molecule has 1 atom stereocenters. The first-order valence-electron chi connectivity index (χ1n) is 8.23. The van der Waals surface area contributed by atoms with Crippen molar-refractivity contribution in [2.24, 2.45) is 0 Å². The highest BCUT2D eigenvalue weighted by molar-refractivity contribution is 7.89. The van der Waals surface area contributed by atoms with Crippen molar-refractivity contribution in [3.05, 3.63) is 65.2 Å². The zero-order valence-electron chi connectivity index (χ0n) is 14.4. The number of nitrogens with zero attached hydrogens (tertiary/aromatic N) is 1. The number of hydrogen-bond donors (Lipinski definition) is 0. The predicted molar refractivity (Wildman–Crippen MR) is 99.3 cm³/mol. The predicted octanol–water partition coefficient (Wildman–Crippen LogP) is 3.75. The Hall–Kier alpha value is -1.40. The third kappa shape index (κ3) is 4.06. The van der Waals surface area contributed by atoms with Crippen LogP contribution in [0.2, 0.25) is 5.02 Å². The van der Waals surface area contributed by atoms with E-state index < -0.39 is 15.6 Å². The molecule has 0 aliphatic carbocycles. The van der Waals surface area contributed by atoms with Gasteiger partial charge in [0.2, 0.25) is 10.0 Å². The molecule has 134 valence electrons. The van der Waals surface area contributed by atoms with Crippen molar-refractivity contribution in [1.29, 1.82) is 0 Å². The molecule has 3 rings (SSSR count). The van der Waals surface area contributed by atoms with Crippen LogP contribution in [0.4, 0.5) is 0 Å². The van der Waals surface area contributed by atoms with Gasteiger partial charge in [-0.1, -0.05) is 41.9 Å². The van der Waals surface area contributed by atoms with Crippen LogP contribution in [0.15, 0.2) is 59.5 Å². The second-order valence-corrected chi connectivity index (χ2v) is 9.22. The fraction of sp³-hybridized carbons (Fsp3) is 0.368. The highest BCUT2D eigenvalue weighted by Gasteiger charge is 2.42. The lowest BCUT2D eigenvalue weighted by Gasteiger charge is -2.44. The molecule has 2 aromatic rings. The molecule has 6 heteroatoms. The molecule has 0 saturated carbocycles. The molecule has 0 spiro atoms. The summed E-state index contributed by atoms with van der Waals surface area (Å²) < 4.78 is 33.8. The van der Waals surface area contributed by atoms with E-state index in [0.717, 1.165) is 5.56 Å². The first-order chi connectivity index (χ1) is 11.8. The van der Waals surface area contributed by atoms with Gasteiger partial charge in [0.1, 0.15) is 0 Å². The minimum Gasteiger partial charge on any atom is -0.375 e. The van der Waals surface area contributed by atoms with Gasteiger partial charge in [-0.15, -0.1) is 0 Å². The van der Waals surface area contributed by atoms with Gasteiger partial charge >= 0.3 is 0 Å². The Balaban J connectivity index is 1.85. The molecule has 1 aliphatic heterocycles. The average molecular weight is 380 g/mol. The second-order valence-electron chi connectivity index (χ2n) is 6.93. The van der Waals surface area contributed by atoms with Crippen LogP contribution < -0.4 is 0 Å². The molecule has 2 aromatic carbocycles. The van der Waals surface area contributed by atoms with Crippen LogP contribution in [0.1, 0.15) is 19.4 Å². The summed E-state index contributed by atoms with van der Waals surface area (Å²) in [6, 6.07) is 16.3. The maximum atomic E-state index is 13.1. The first kappa shape index (κ1) is 18.4. The minimum atomic E-state index is -3.62. The van der Waals surface area contributed by atoms with Crippen molar-refractivity contribution < 1.29 is 13.2 Å². The van der Waals surface area contributed by atoms with E-state index in [1.54, 1.807) is 28.6 Å². The highest BCUT2D eigenvalue weighted by Crippen LogP contribution is 2.30. The summed E-state index contributed by atoms with van der Waals surface area (Å²) in [5.41, 5.74) is 0.530. The van der Waals surface area contributed by atoms with Gasteiger partial charge in [-0.05, 0) is 50.1 Å². The Labute approximate surface area is 154 Å². The number of halogens is 1. The largest absolute Gasteiger partial charge is 0.375 e. The maximum absolute atomic E-state index is 13.1. The summed E-state index contributed by atoms with van der Waals surface area (Å²) in [6.07, 6.45) is 0.515. The van der Waals surface area contributed by atoms with E-state index >= 15 is 0 Å². The van der Waals surface area contributed by atoms with Gasteiger partial charge in [-0.2, -0.15) is 4.31 Å². The first-order valence-corrected chi connectivity index (χ1v) is 10.0. The lowest BCUT2D eigenvalue weighted by Crippen LogP contribution is -2.58. The van der Waals surface area contributed by atoms with Gasteiger partial charge in [0.15, 0.2) is 0 Å². The van der Waals surface area contributed by atoms with E-state index in [0.29, 0.717) is 24.6 Å². The van der Waals surface area contributed by atoms with Crippen LogP contribution in [0, 0.1) is 0 Å². The number of rotatable bonds is 4. The van der Waals surface area contributed by atoms with E-state index in [1.165, 1.54) is 0 Å². The van der Waals surface area contributed by atoms with E-state index in [9.17, 15) is 8.42 Å². The van der Waals surface area contributed by atoms with Crippen LogP contribution >= 0.6 is 11.6 Å². The minimum absolute atomic E-state index is 0.169. The Morgan fingerprint density at radius 3 is 2.40 bits per heavy atom. The molecule has 0 bridgehead atoms. The van der Waals surface area contributed by atoms with Gasteiger partial charge in [0, 0.05) is 11.6 Å². The van der Waals surface area contributed by atoms with E-state index in [4.69, 9.17) is 16.3 Å². The number of benzene rings is 2. The van der Waals surface area contributed by atoms with Crippen LogP contribution in [-0.2, 0) is 21.2 Å². The SMILES string of the molecule is CC1(C)COC(Cc2ccccc2)CN1S(=O)(=O)c1ccc(Cl)cc1. The Morgan fingerprint density at radius 1 is 1.12 bits per heavy atom. The fourth-order valence-corrected chi connectivity index (χ4v) is 4.96. The van der Waals surface area contributed by atoms with Crippen molar-refractivity contribution in [1.82, 2.24) is 4.31 Å². The van der Waals surface area contributed by atoms with Crippen LogP contribution in [0.25, 0.3) is 0 Å². The molecule has 4 nitrogen and oxygen atoms in total. The molecular formula is C19H22ClNO3S. The zero-order valence-corrected chi connectivity index (χ0v) is 15.9. The van der Waals surface area contributed by atoms with Crippen molar-refractivity contribution in [2.45, 2.75) is 36.8 Å². The van der Waals surface area contributed by atoms with Crippen LogP contribution in [0.5, 0.6) is 0 Å². The summed E-state index contributed by atoms with van der Waals surface area (Å²) in [5.74, 6) is 0. The number of sulfonamides is 1. The van der Waals surface area contributed by atoms with E-state index in [2.05, 4.69) is 0 Å². The second kappa shape index (κ2) is 7.08. The van der Waals surface area contributed by atoms with Gasteiger partial charge in [0.05, 0.1) is 23.1 Å². The normalized spacial score (nSPS) is 21.2.